The van der Waals surface area contributed by atoms with Gasteiger partial charge in [-0.05, 0) is 37.1 Å². The van der Waals surface area contributed by atoms with Gasteiger partial charge in [0, 0.05) is 52.9 Å². The average Bonchev–Trinajstić information content (AvgIpc) is 2.65. The molecule has 3 atom stereocenters. The molecule has 1 aliphatic carbocycles. The van der Waals surface area contributed by atoms with Crippen LogP contribution in [-0.4, -0.2) is 75.2 Å². The largest absolute Gasteiger partial charge is 0.356 e. The van der Waals surface area contributed by atoms with E-state index in [1.54, 1.807) is 0 Å². The summed E-state index contributed by atoms with van der Waals surface area (Å²) in [7, 11) is 1.88. The van der Waals surface area contributed by atoms with Crippen molar-refractivity contribution in [3.05, 3.63) is 0 Å². The molecule has 2 aliphatic rings. The zero-order valence-corrected chi connectivity index (χ0v) is 17.8. The SMILES string of the molecule is CCN1CCN(CC(C)CNC(=NC)NCCC2CCCC(C)C2)CC1. The Morgan fingerprint density at radius 1 is 1.12 bits per heavy atom. The molecule has 2 fully saturated rings. The second kappa shape index (κ2) is 11.8. The molecule has 152 valence electrons. The molecule has 0 aromatic rings. The molecule has 0 radical (unpaired) electrons. The predicted molar refractivity (Wildman–Crippen MR) is 113 cm³/mol. The van der Waals surface area contributed by atoms with Crippen LogP contribution in [0.1, 0.15) is 52.9 Å². The molecular formula is C21H43N5. The van der Waals surface area contributed by atoms with Crippen LogP contribution in [0.5, 0.6) is 0 Å². The fourth-order valence-electron chi connectivity index (χ4n) is 4.50. The van der Waals surface area contributed by atoms with Crippen LogP contribution in [0.3, 0.4) is 0 Å². The van der Waals surface area contributed by atoms with Crippen LogP contribution in [0.4, 0.5) is 0 Å². The number of hydrogen-bond acceptors (Lipinski definition) is 3. The topological polar surface area (TPSA) is 42.9 Å². The number of hydrogen-bond donors (Lipinski definition) is 2. The van der Waals surface area contributed by atoms with Crippen molar-refractivity contribution in [2.24, 2.45) is 22.7 Å². The van der Waals surface area contributed by atoms with E-state index in [9.17, 15) is 0 Å². The minimum Gasteiger partial charge on any atom is -0.356 e. The molecule has 0 aromatic heterocycles. The van der Waals surface area contributed by atoms with E-state index >= 15 is 0 Å². The molecule has 0 bridgehead atoms. The standard InChI is InChI=1S/C21H43N5/c1-5-25-11-13-26(14-12-25)17-19(3)16-24-21(22-4)23-10-9-20-8-6-7-18(2)15-20/h18-20H,5-17H2,1-4H3,(H2,22,23,24). The molecule has 0 spiro atoms. The third-order valence-electron chi connectivity index (χ3n) is 6.21. The normalized spacial score (nSPS) is 27.3. The van der Waals surface area contributed by atoms with E-state index in [0.717, 1.165) is 30.9 Å². The van der Waals surface area contributed by atoms with Gasteiger partial charge in [-0.3, -0.25) is 4.99 Å². The highest BCUT2D eigenvalue weighted by atomic mass is 15.3. The fourth-order valence-corrected chi connectivity index (χ4v) is 4.50. The van der Waals surface area contributed by atoms with Gasteiger partial charge in [-0.1, -0.05) is 40.0 Å². The maximum absolute atomic E-state index is 4.40. The van der Waals surface area contributed by atoms with Gasteiger partial charge in [-0.15, -0.1) is 0 Å². The lowest BCUT2D eigenvalue weighted by Gasteiger charge is -2.35. The molecule has 1 saturated heterocycles. The van der Waals surface area contributed by atoms with Crippen molar-refractivity contribution in [3.63, 3.8) is 0 Å². The van der Waals surface area contributed by atoms with Gasteiger partial charge in [0.05, 0.1) is 0 Å². The van der Waals surface area contributed by atoms with Gasteiger partial charge in [0.1, 0.15) is 0 Å². The number of rotatable bonds is 8. The zero-order chi connectivity index (χ0) is 18.8. The van der Waals surface area contributed by atoms with Gasteiger partial charge in [-0.2, -0.15) is 0 Å². The molecule has 1 heterocycles. The first-order valence-corrected chi connectivity index (χ1v) is 11.0. The van der Waals surface area contributed by atoms with E-state index in [0.29, 0.717) is 5.92 Å². The molecule has 26 heavy (non-hydrogen) atoms. The Labute approximate surface area is 162 Å². The van der Waals surface area contributed by atoms with Crippen LogP contribution in [0, 0.1) is 17.8 Å². The quantitative estimate of drug-likeness (QED) is 0.513. The summed E-state index contributed by atoms with van der Waals surface area (Å²) in [5.74, 6) is 3.44. The Morgan fingerprint density at radius 2 is 1.85 bits per heavy atom. The van der Waals surface area contributed by atoms with Gasteiger partial charge >= 0.3 is 0 Å². The molecule has 3 unspecified atom stereocenters. The van der Waals surface area contributed by atoms with E-state index < -0.39 is 0 Å². The summed E-state index contributed by atoms with van der Waals surface area (Å²) in [6.45, 7) is 16.3. The van der Waals surface area contributed by atoms with Crippen molar-refractivity contribution in [3.8, 4) is 0 Å². The summed E-state index contributed by atoms with van der Waals surface area (Å²) in [6, 6.07) is 0. The summed E-state index contributed by atoms with van der Waals surface area (Å²) in [5.41, 5.74) is 0. The molecule has 1 saturated carbocycles. The van der Waals surface area contributed by atoms with E-state index in [4.69, 9.17) is 0 Å². The highest BCUT2D eigenvalue weighted by Crippen LogP contribution is 2.30. The first-order valence-electron chi connectivity index (χ1n) is 11.0. The van der Waals surface area contributed by atoms with Crippen molar-refractivity contribution >= 4 is 5.96 Å². The van der Waals surface area contributed by atoms with Crippen molar-refractivity contribution in [1.29, 1.82) is 0 Å². The van der Waals surface area contributed by atoms with Gasteiger partial charge in [0.15, 0.2) is 5.96 Å². The Kier molecular flexibility index (Phi) is 9.76. The third-order valence-corrected chi connectivity index (χ3v) is 6.21. The lowest BCUT2D eigenvalue weighted by atomic mass is 9.81. The van der Waals surface area contributed by atoms with E-state index in [1.807, 2.05) is 7.05 Å². The number of nitrogens with zero attached hydrogens (tertiary/aromatic N) is 3. The first-order chi connectivity index (χ1) is 12.6. The molecule has 0 amide bonds. The minimum atomic E-state index is 0.640. The number of nitrogens with one attached hydrogen (secondary N) is 2. The molecule has 2 rings (SSSR count). The molecule has 1 aliphatic heterocycles. The summed E-state index contributed by atoms with van der Waals surface area (Å²) in [6.07, 6.45) is 6.96. The molecule has 2 N–H and O–H groups in total. The van der Waals surface area contributed by atoms with E-state index in [1.165, 1.54) is 71.4 Å². The van der Waals surface area contributed by atoms with Crippen molar-refractivity contribution in [1.82, 2.24) is 20.4 Å². The molecule has 5 heteroatoms. The minimum absolute atomic E-state index is 0.640. The summed E-state index contributed by atoms with van der Waals surface area (Å²) >= 11 is 0. The Morgan fingerprint density at radius 3 is 2.50 bits per heavy atom. The predicted octanol–water partition coefficient (Wildman–Crippen LogP) is 2.64. The monoisotopic (exact) mass is 365 g/mol. The second-order valence-electron chi connectivity index (χ2n) is 8.65. The third kappa shape index (κ3) is 7.83. The molecule has 5 nitrogen and oxygen atoms in total. The van der Waals surface area contributed by atoms with Crippen LogP contribution in [0.15, 0.2) is 4.99 Å². The number of aliphatic imine (C=N–C) groups is 1. The van der Waals surface area contributed by atoms with Crippen LogP contribution < -0.4 is 10.6 Å². The smallest absolute Gasteiger partial charge is 0.190 e. The highest BCUT2D eigenvalue weighted by Gasteiger charge is 2.19. The Bertz CT molecular complexity index is 403. The lowest BCUT2D eigenvalue weighted by molar-refractivity contribution is 0.124. The lowest BCUT2D eigenvalue weighted by Crippen LogP contribution is -2.48. The van der Waals surface area contributed by atoms with Gasteiger partial charge in [0.2, 0.25) is 0 Å². The average molecular weight is 366 g/mol. The number of piperazine rings is 1. The van der Waals surface area contributed by atoms with Crippen LogP contribution in [0.2, 0.25) is 0 Å². The highest BCUT2D eigenvalue weighted by molar-refractivity contribution is 5.79. The van der Waals surface area contributed by atoms with Crippen LogP contribution >= 0.6 is 0 Å². The summed E-state index contributed by atoms with van der Waals surface area (Å²) in [4.78, 5) is 9.55. The maximum atomic E-state index is 4.40. The maximum Gasteiger partial charge on any atom is 0.190 e. The van der Waals surface area contributed by atoms with Crippen molar-refractivity contribution in [2.45, 2.75) is 52.9 Å². The fraction of sp³-hybridized carbons (Fsp3) is 0.952. The van der Waals surface area contributed by atoms with Crippen molar-refractivity contribution < 1.29 is 0 Å². The van der Waals surface area contributed by atoms with Gasteiger partial charge < -0.3 is 20.4 Å². The van der Waals surface area contributed by atoms with Crippen LogP contribution in [-0.2, 0) is 0 Å². The zero-order valence-electron chi connectivity index (χ0n) is 17.8. The number of likely N-dealkylation sites (N-methyl/N-ethyl adjacent to an activating group) is 1. The molecular weight excluding hydrogens is 322 g/mol. The first kappa shape index (κ1) is 21.5. The summed E-state index contributed by atoms with van der Waals surface area (Å²) < 4.78 is 0. The summed E-state index contributed by atoms with van der Waals surface area (Å²) in [5, 5.41) is 7.05. The Balaban J connectivity index is 1.57. The van der Waals surface area contributed by atoms with E-state index in [2.05, 4.69) is 46.2 Å². The second-order valence-corrected chi connectivity index (χ2v) is 8.65. The van der Waals surface area contributed by atoms with Gasteiger partial charge in [0.25, 0.3) is 0 Å². The Hall–Kier alpha value is -0.810. The molecule has 0 aromatic carbocycles. The van der Waals surface area contributed by atoms with E-state index in [-0.39, 0.29) is 0 Å². The van der Waals surface area contributed by atoms with Gasteiger partial charge in [-0.25, -0.2) is 0 Å². The van der Waals surface area contributed by atoms with Crippen molar-refractivity contribution in [2.75, 3.05) is 59.4 Å². The van der Waals surface area contributed by atoms with Crippen LogP contribution in [0.25, 0.3) is 0 Å². The number of guanidine groups is 1.